The Balaban J connectivity index is 2.16. The Hall–Kier alpha value is 0.1000. The average molecular weight is 390 g/mol. The van der Waals surface area contributed by atoms with E-state index in [1.54, 1.807) is 0 Å². The van der Waals surface area contributed by atoms with Crippen LogP contribution in [0.5, 0.6) is 0 Å². The molecule has 2 rings (SSSR count). The topological polar surface area (TPSA) is 29.3 Å². The average Bonchev–Trinajstić information content (AvgIpc) is 2.60. The van der Waals surface area contributed by atoms with Gasteiger partial charge in [-0.3, -0.25) is 4.90 Å². The van der Waals surface area contributed by atoms with Crippen molar-refractivity contribution >= 4 is 31.9 Å². The fourth-order valence-electron chi connectivity index (χ4n) is 2.81. The van der Waals surface area contributed by atoms with Crippen LogP contribution >= 0.6 is 31.9 Å². The van der Waals surface area contributed by atoms with Crippen molar-refractivity contribution < 1.29 is 0 Å². The molecular weight excluding hydrogens is 368 g/mol. The van der Waals surface area contributed by atoms with E-state index in [0.717, 1.165) is 21.4 Å². The third-order valence-corrected chi connectivity index (χ3v) is 5.92. The van der Waals surface area contributed by atoms with Gasteiger partial charge in [0.15, 0.2) is 0 Å². The van der Waals surface area contributed by atoms with Crippen molar-refractivity contribution in [2.24, 2.45) is 11.7 Å². The molecule has 1 heterocycles. The lowest BCUT2D eigenvalue weighted by Gasteiger charge is -2.30. The van der Waals surface area contributed by atoms with E-state index in [9.17, 15) is 0 Å². The maximum absolute atomic E-state index is 6.04. The minimum atomic E-state index is 0.342. The lowest BCUT2D eigenvalue weighted by Crippen LogP contribution is -2.34. The van der Waals surface area contributed by atoms with E-state index in [1.165, 1.54) is 31.4 Å². The molecule has 4 heteroatoms. The van der Waals surface area contributed by atoms with Crippen LogP contribution in [0.3, 0.4) is 0 Å². The largest absolute Gasteiger partial charge is 0.329 e. The number of hydrogen-bond donors (Lipinski definition) is 1. The lowest BCUT2D eigenvalue weighted by atomic mass is 10.0. The summed E-state index contributed by atoms with van der Waals surface area (Å²) in [6, 6.07) is 6.81. The maximum Gasteiger partial charge on any atom is 0.0470 e. The van der Waals surface area contributed by atoms with E-state index in [-0.39, 0.29) is 0 Å². The predicted octanol–water partition coefficient (Wildman–Crippen LogP) is 4.33. The first-order valence-electron chi connectivity index (χ1n) is 7.01. The van der Waals surface area contributed by atoms with Crippen molar-refractivity contribution in [1.29, 1.82) is 0 Å². The summed E-state index contributed by atoms with van der Waals surface area (Å²) >= 11 is 7.11. The highest BCUT2D eigenvalue weighted by molar-refractivity contribution is 9.13. The van der Waals surface area contributed by atoms with Gasteiger partial charge < -0.3 is 5.73 Å². The van der Waals surface area contributed by atoms with Crippen molar-refractivity contribution in [3.63, 3.8) is 0 Å². The molecule has 0 aromatic heterocycles. The van der Waals surface area contributed by atoms with Gasteiger partial charge in [0.05, 0.1) is 0 Å². The molecule has 2 unspecified atom stereocenters. The molecule has 1 aliphatic rings. The Morgan fingerprint density at radius 3 is 2.74 bits per heavy atom. The molecule has 0 aliphatic carbocycles. The highest BCUT2D eigenvalue weighted by Crippen LogP contribution is 2.30. The molecule has 19 heavy (non-hydrogen) atoms. The van der Waals surface area contributed by atoms with Gasteiger partial charge in [0.1, 0.15) is 0 Å². The van der Waals surface area contributed by atoms with Crippen molar-refractivity contribution in [3.8, 4) is 0 Å². The Morgan fingerprint density at radius 1 is 1.26 bits per heavy atom. The number of benzene rings is 1. The van der Waals surface area contributed by atoms with Gasteiger partial charge in [0.2, 0.25) is 0 Å². The van der Waals surface area contributed by atoms with Crippen molar-refractivity contribution in [2.75, 3.05) is 19.6 Å². The number of nitrogens with zero attached hydrogens (tertiary/aromatic N) is 1. The predicted molar refractivity (Wildman–Crippen MR) is 88.2 cm³/mol. The molecule has 2 atom stereocenters. The molecule has 0 amide bonds. The second-order valence-electron chi connectivity index (χ2n) is 5.50. The molecule has 2 N–H and O–H groups in total. The van der Waals surface area contributed by atoms with Crippen LogP contribution in [-0.2, 0) is 0 Å². The highest BCUT2D eigenvalue weighted by atomic mass is 79.9. The van der Waals surface area contributed by atoms with Crippen LogP contribution in [0.4, 0.5) is 0 Å². The second kappa shape index (κ2) is 7.21. The standard InChI is InChI=1S/C15H22Br2N2/c1-11-3-2-7-19(8-6-11)15(10-18)12-4-5-13(16)14(17)9-12/h4-5,9,11,15H,2-3,6-8,10,18H2,1H3. The zero-order valence-electron chi connectivity index (χ0n) is 11.4. The second-order valence-corrected chi connectivity index (χ2v) is 7.21. The Morgan fingerprint density at radius 2 is 2.05 bits per heavy atom. The summed E-state index contributed by atoms with van der Waals surface area (Å²) in [4.78, 5) is 2.55. The molecule has 2 nitrogen and oxygen atoms in total. The minimum Gasteiger partial charge on any atom is -0.329 e. The third kappa shape index (κ3) is 4.03. The summed E-state index contributed by atoms with van der Waals surface area (Å²) < 4.78 is 2.20. The minimum absolute atomic E-state index is 0.342. The van der Waals surface area contributed by atoms with E-state index < -0.39 is 0 Å². The first kappa shape index (κ1) is 15.5. The summed E-state index contributed by atoms with van der Waals surface area (Å²) in [6.07, 6.45) is 3.92. The van der Waals surface area contributed by atoms with E-state index in [0.29, 0.717) is 12.6 Å². The van der Waals surface area contributed by atoms with E-state index >= 15 is 0 Å². The normalized spacial score (nSPS) is 23.1. The van der Waals surface area contributed by atoms with Crippen molar-refractivity contribution in [2.45, 2.75) is 32.2 Å². The monoisotopic (exact) mass is 388 g/mol. The zero-order valence-corrected chi connectivity index (χ0v) is 14.6. The van der Waals surface area contributed by atoms with Crippen molar-refractivity contribution in [1.82, 2.24) is 4.90 Å². The summed E-state index contributed by atoms with van der Waals surface area (Å²) in [5, 5.41) is 0. The van der Waals surface area contributed by atoms with Crippen LogP contribution in [-0.4, -0.2) is 24.5 Å². The summed E-state index contributed by atoms with van der Waals surface area (Å²) in [5.41, 5.74) is 7.35. The molecule has 0 bridgehead atoms. The van der Waals surface area contributed by atoms with Gasteiger partial charge in [-0.25, -0.2) is 0 Å². The van der Waals surface area contributed by atoms with Crippen LogP contribution in [0, 0.1) is 5.92 Å². The molecular formula is C15H22Br2N2. The molecule has 1 fully saturated rings. The van der Waals surface area contributed by atoms with E-state index in [4.69, 9.17) is 5.73 Å². The zero-order chi connectivity index (χ0) is 13.8. The van der Waals surface area contributed by atoms with Crippen LogP contribution < -0.4 is 5.73 Å². The number of rotatable bonds is 3. The maximum atomic E-state index is 6.04. The molecule has 0 radical (unpaired) electrons. The quantitative estimate of drug-likeness (QED) is 0.833. The van der Waals surface area contributed by atoms with E-state index in [2.05, 4.69) is 61.9 Å². The highest BCUT2D eigenvalue weighted by Gasteiger charge is 2.22. The van der Waals surface area contributed by atoms with Gasteiger partial charge in [0.25, 0.3) is 0 Å². The number of nitrogens with two attached hydrogens (primary N) is 1. The fraction of sp³-hybridized carbons (Fsp3) is 0.600. The van der Waals surface area contributed by atoms with Gasteiger partial charge in [-0.15, -0.1) is 0 Å². The van der Waals surface area contributed by atoms with Gasteiger partial charge in [0, 0.05) is 21.5 Å². The van der Waals surface area contributed by atoms with Crippen LogP contribution in [0.1, 0.15) is 37.8 Å². The molecule has 106 valence electrons. The summed E-state index contributed by atoms with van der Waals surface area (Å²) in [5.74, 6) is 0.847. The molecule has 1 aromatic rings. The first-order valence-corrected chi connectivity index (χ1v) is 8.59. The summed E-state index contributed by atoms with van der Waals surface area (Å²) in [6.45, 7) is 5.37. The van der Waals surface area contributed by atoms with Crippen LogP contribution in [0.15, 0.2) is 27.1 Å². The van der Waals surface area contributed by atoms with Gasteiger partial charge in [-0.2, -0.15) is 0 Å². The van der Waals surface area contributed by atoms with Crippen LogP contribution in [0.25, 0.3) is 0 Å². The molecule has 1 saturated heterocycles. The molecule has 0 saturated carbocycles. The fourth-order valence-corrected chi connectivity index (χ4v) is 3.46. The number of halogens is 2. The van der Waals surface area contributed by atoms with Crippen LogP contribution in [0.2, 0.25) is 0 Å². The van der Waals surface area contributed by atoms with Gasteiger partial charge in [-0.1, -0.05) is 13.0 Å². The third-order valence-electron chi connectivity index (χ3n) is 4.04. The molecule has 1 aliphatic heterocycles. The number of likely N-dealkylation sites (tertiary alicyclic amines) is 1. The first-order chi connectivity index (χ1) is 9.11. The Kier molecular flexibility index (Phi) is 5.87. The SMILES string of the molecule is CC1CCCN(C(CN)c2ccc(Br)c(Br)c2)CC1. The lowest BCUT2D eigenvalue weighted by molar-refractivity contribution is 0.207. The Labute approximate surface area is 133 Å². The van der Waals surface area contributed by atoms with Crippen molar-refractivity contribution in [3.05, 3.63) is 32.7 Å². The molecule has 0 spiro atoms. The summed E-state index contributed by atoms with van der Waals surface area (Å²) in [7, 11) is 0. The van der Waals surface area contributed by atoms with Gasteiger partial charge in [-0.05, 0) is 87.8 Å². The van der Waals surface area contributed by atoms with E-state index in [1.807, 2.05) is 0 Å². The van der Waals surface area contributed by atoms with Gasteiger partial charge >= 0.3 is 0 Å². The number of hydrogen-bond acceptors (Lipinski definition) is 2. The smallest absolute Gasteiger partial charge is 0.0470 e. The molecule has 1 aromatic carbocycles. The Bertz CT molecular complexity index is 423.